The SMILES string of the molecule is Cc1cc(C)c(NC(=O)NCC(F)(F)F)c(C)c1. The van der Waals surface area contributed by atoms with Gasteiger partial charge in [0.05, 0.1) is 0 Å². The Balaban J connectivity index is 2.71. The molecule has 1 aromatic rings. The summed E-state index contributed by atoms with van der Waals surface area (Å²) in [7, 11) is 0. The van der Waals surface area contributed by atoms with Gasteiger partial charge in [0.1, 0.15) is 6.54 Å². The molecule has 0 bridgehead atoms. The fraction of sp³-hybridized carbons (Fsp3) is 0.417. The molecule has 0 aliphatic rings. The smallest absolute Gasteiger partial charge is 0.329 e. The Bertz CT molecular complexity index is 432. The molecule has 0 aliphatic carbocycles. The van der Waals surface area contributed by atoms with Crippen LogP contribution in [0.2, 0.25) is 0 Å². The first-order valence-corrected chi connectivity index (χ1v) is 5.38. The molecule has 0 unspecified atom stereocenters. The summed E-state index contributed by atoms with van der Waals surface area (Å²) in [6.07, 6.45) is -4.41. The van der Waals surface area contributed by atoms with Gasteiger partial charge in [-0.3, -0.25) is 0 Å². The second-order valence-electron chi connectivity index (χ2n) is 4.20. The molecule has 6 heteroatoms. The monoisotopic (exact) mass is 260 g/mol. The van der Waals surface area contributed by atoms with Crippen molar-refractivity contribution in [2.75, 3.05) is 11.9 Å². The van der Waals surface area contributed by atoms with E-state index in [0.717, 1.165) is 16.7 Å². The Kier molecular flexibility index (Phi) is 4.21. The van der Waals surface area contributed by atoms with E-state index in [1.165, 1.54) is 0 Å². The van der Waals surface area contributed by atoms with E-state index >= 15 is 0 Å². The molecule has 1 aromatic carbocycles. The Morgan fingerprint density at radius 2 is 1.67 bits per heavy atom. The van der Waals surface area contributed by atoms with Crippen molar-refractivity contribution in [3.8, 4) is 0 Å². The van der Waals surface area contributed by atoms with Crippen molar-refractivity contribution in [3.05, 3.63) is 28.8 Å². The molecular formula is C12H15F3N2O. The van der Waals surface area contributed by atoms with E-state index in [-0.39, 0.29) is 0 Å². The predicted molar refractivity (Wildman–Crippen MR) is 63.7 cm³/mol. The van der Waals surface area contributed by atoms with Crippen LogP contribution < -0.4 is 10.6 Å². The maximum absolute atomic E-state index is 11.9. The molecule has 1 rings (SSSR count). The van der Waals surface area contributed by atoms with Gasteiger partial charge >= 0.3 is 12.2 Å². The summed E-state index contributed by atoms with van der Waals surface area (Å²) in [6, 6.07) is 2.85. The predicted octanol–water partition coefficient (Wildman–Crippen LogP) is 3.30. The molecule has 0 saturated carbocycles. The van der Waals surface area contributed by atoms with Crippen molar-refractivity contribution in [1.82, 2.24) is 5.32 Å². The summed E-state index contributed by atoms with van der Waals surface area (Å²) in [6.45, 7) is 4.15. The Labute approximate surface area is 103 Å². The second-order valence-corrected chi connectivity index (χ2v) is 4.20. The van der Waals surface area contributed by atoms with Gasteiger partial charge in [0, 0.05) is 5.69 Å². The van der Waals surface area contributed by atoms with Gasteiger partial charge < -0.3 is 10.6 Å². The normalized spacial score (nSPS) is 11.2. The van der Waals surface area contributed by atoms with Crippen molar-refractivity contribution >= 4 is 11.7 Å². The zero-order chi connectivity index (χ0) is 13.9. The lowest BCUT2D eigenvalue weighted by Crippen LogP contribution is -2.36. The minimum Gasteiger partial charge on any atom is -0.329 e. The number of urea groups is 1. The number of hydrogen-bond donors (Lipinski definition) is 2. The highest BCUT2D eigenvalue weighted by molar-refractivity contribution is 5.91. The van der Waals surface area contributed by atoms with Crippen LogP contribution in [0.1, 0.15) is 16.7 Å². The number of aryl methyl sites for hydroxylation is 3. The quantitative estimate of drug-likeness (QED) is 0.841. The van der Waals surface area contributed by atoms with Crippen LogP contribution in [0, 0.1) is 20.8 Å². The van der Waals surface area contributed by atoms with Gasteiger partial charge in [-0.1, -0.05) is 17.7 Å². The van der Waals surface area contributed by atoms with E-state index in [0.29, 0.717) is 5.69 Å². The minimum atomic E-state index is -4.41. The summed E-state index contributed by atoms with van der Waals surface area (Å²) >= 11 is 0. The van der Waals surface area contributed by atoms with Gasteiger partial charge in [-0.15, -0.1) is 0 Å². The third-order valence-corrected chi connectivity index (χ3v) is 2.36. The van der Waals surface area contributed by atoms with E-state index in [2.05, 4.69) is 5.32 Å². The molecule has 0 aliphatic heterocycles. The average Bonchev–Trinajstić information content (AvgIpc) is 2.19. The van der Waals surface area contributed by atoms with E-state index in [1.807, 2.05) is 19.1 Å². The topological polar surface area (TPSA) is 41.1 Å². The van der Waals surface area contributed by atoms with E-state index < -0.39 is 18.8 Å². The molecule has 0 saturated heterocycles. The number of anilines is 1. The van der Waals surface area contributed by atoms with Crippen LogP contribution in [0.3, 0.4) is 0 Å². The third kappa shape index (κ3) is 4.27. The summed E-state index contributed by atoms with van der Waals surface area (Å²) in [5.74, 6) is 0. The molecule has 18 heavy (non-hydrogen) atoms. The maximum atomic E-state index is 11.9. The summed E-state index contributed by atoms with van der Waals surface area (Å²) < 4.78 is 35.8. The second kappa shape index (κ2) is 5.29. The van der Waals surface area contributed by atoms with Crippen LogP contribution in [-0.2, 0) is 0 Å². The molecule has 0 heterocycles. The molecule has 0 aromatic heterocycles. The molecule has 2 amide bonds. The fourth-order valence-corrected chi connectivity index (χ4v) is 1.72. The van der Waals surface area contributed by atoms with E-state index in [4.69, 9.17) is 0 Å². The van der Waals surface area contributed by atoms with Crippen LogP contribution in [0.4, 0.5) is 23.7 Å². The summed E-state index contributed by atoms with van der Waals surface area (Å²) in [4.78, 5) is 11.3. The largest absolute Gasteiger partial charge is 0.405 e. The van der Waals surface area contributed by atoms with Crippen molar-refractivity contribution in [1.29, 1.82) is 0 Å². The molecule has 0 radical (unpaired) electrons. The maximum Gasteiger partial charge on any atom is 0.405 e. The van der Waals surface area contributed by atoms with Gasteiger partial charge in [0.15, 0.2) is 0 Å². The first-order valence-electron chi connectivity index (χ1n) is 5.38. The van der Waals surface area contributed by atoms with Gasteiger partial charge in [0.2, 0.25) is 0 Å². The van der Waals surface area contributed by atoms with E-state index in [1.54, 1.807) is 19.2 Å². The highest BCUT2D eigenvalue weighted by Gasteiger charge is 2.27. The molecule has 3 nitrogen and oxygen atoms in total. The minimum absolute atomic E-state index is 0.542. The standard InChI is InChI=1S/C12H15F3N2O/c1-7-4-8(2)10(9(3)5-7)17-11(18)16-6-12(13,14)15/h4-5H,6H2,1-3H3,(H2,16,17,18). The fourth-order valence-electron chi connectivity index (χ4n) is 1.72. The number of benzene rings is 1. The van der Waals surface area contributed by atoms with Crippen molar-refractivity contribution in [2.45, 2.75) is 26.9 Å². The first kappa shape index (κ1) is 14.3. The molecule has 0 spiro atoms. The lowest BCUT2D eigenvalue weighted by atomic mass is 10.1. The van der Waals surface area contributed by atoms with Gasteiger partial charge in [-0.2, -0.15) is 13.2 Å². The number of hydrogen-bond acceptors (Lipinski definition) is 1. The number of alkyl halides is 3. The third-order valence-electron chi connectivity index (χ3n) is 2.36. The van der Waals surface area contributed by atoms with Crippen molar-refractivity contribution in [2.24, 2.45) is 0 Å². The van der Waals surface area contributed by atoms with Crippen LogP contribution in [-0.4, -0.2) is 18.8 Å². The van der Waals surface area contributed by atoms with Crippen LogP contribution in [0.25, 0.3) is 0 Å². The average molecular weight is 260 g/mol. The summed E-state index contributed by atoms with van der Waals surface area (Å²) in [5, 5.41) is 4.19. The number of halogens is 3. The zero-order valence-electron chi connectivity index (χ0n) is 10.4. The number of carbonyl (C=O) groups excluding carboxylic acids is 1. The molecule has 0 fully saturated rings. The zero-order valence-corrected chi connectivity index (χ0v) is 10.4. The molecule has 100 valence electrons. The van der Waals surface area contributed by atoms with Gasteiger partial charge in [0.25, 0.3) is 0 Å². The summed E-state index contributed by atoms with van der Waals surface area (Å²) in [5.41, 5.74) is 3.20. The van der Waals surface area contributed by atoms with Crippen LogP contribution in [0.15, 0.2) is 12.1 Å². The van der Waals surface area contributed by atoms with Gasteiger partial charge in [-0.05, 0) is 31.9 Å². The number of amides is 2. The number of carbonyl (C=O) groups is 1. The molecule has 0 atom stereocenters. The first-order chi connectivity index (χ1) is 8.19. The number of rotatable bonds is 2. The van der Waals surface area contributed by atoms with Crippen molar-refractivity contribution < 1.29 is 18.0 Å². The number of nitrogens with one attached hydrogen (secondary N) is 2. The molecular weight excluding hydrogens is 245 g/mol. The van der Waals surface area contributed by atoms with Gasteiger partial charge in [-0.25, -0.2) is 4.79 Å². The van der Waals surface area contributed by atoms with Crippen LogP contribution in [0.5, 0.6) is 0 Å². The Morgan fingerprint density at radius 3 is 2.11 bits per heavy atom. The Hall–Kier alpha value is -1.72. The Morgan fingerprint density at radius 1 is 1.17 bits per heavy atom. The van der Waals surface area contributed by atoms with E-state index in [9.17, 15) is 18.0 Å². The van der Waals surface area contributed by atoms with Crippen molar-refractivity contribution in [3.63, 3.8) is 0 Å². The highest BCUT2D eigenvalue weighted by Crippen LogP contribution is 2.21. The lowest BCUT2D eigenvalue weighted by molar-refractivity contribution is -0.122. The molecule has 2 N–H and O–H groups in total. The lowest BCUT2D eigenvalue weighted by Gasteiger charge is -2.14. The highest BCUT2D eigenvalue weighted by atomic mass is 19.4. The van der Waals surface area contributed by atoms with Crippen LogP contribution >= 0.6 is 0 Å².